The maximum absolute atomic E-state index is 11.5. The van der Waals surface area contributed by atoms with E-state index in [0.29, 0.717) is 11.5 Å². The number of hydrogen-bond acceptors (Lipinski definition) is 3. The maximum Gasteiger partial charge on any atom is 0.161 e. The second-order valence-electron chi connectivity index (χ2n) is 3.69. The normalized spacial score (nSPS) is 12.0. The zero-order chi connectivity index (χ0) is 12.1. The standard InChI is InChI=1S/C13H18O3/c1-5-11(9(2)14)10-6-7-12(15-3)13(8-10)16-4/h6-8,11H,5H2,1-4H3/t11-/m0/s1. The molecule has 0 fully saturated rings. The second kappa shape index (κ2) is 5.54. The first-order valence-corrected chi connectivity index (χ1v) is 5.36. The molecule has 0 aromatic heterocycles. The molecule has 0 radical (unpaired) electrons. The van der Waals surface area contributed by atoms with Crippen LogP contribution in [0.5, 0.6) is 11.5 Å². The molecule has 88 valence electrons. The molecule has 0 unspecified atom stereocenters. The Labute approximate surface area is 96.4 Å². The Morgan fingerprint density at radius 1 is 1.25 bits per heavy atom. The molecule has 1 atom stereocenters. The number of hydrogen-bond donors (Lipinski definition) is 0. The summed E-state index contributed by atoms with van der Waals surface area (Å²) in [6.45, 7) is 3.62. The average molecular weight is 222 g/mol. The van der Waals surface area contributed by atoms with E-state index in [1.807, 2.05) is 25.1 Å². The van der Waals surface area contributed by atoms with Gasteiger partial charge in [0.15, 0.2) is 11.5 Å². The lowest BCUT2D eigenvalue weighted by atomic mass is 9.93. The van der Waals surface area contributed by atoms with Crippen LogP contribution in [0.3, 0.4) is 0 Å². The number of rotatable bonds is 5. The molecule has 0 spiro atoms. The van der Waals surface area contributed by atoms with Crippen LogP contribution in [0.25, 0.3) is 0 Å². The van der Waals surface area contributed by atoms with Gasteiger partial charge in [-0.1, -0.05) is 13.0 Å². The van der Waals surface area contributed by atoms with Crippen LogP contribution in [0, 0.1) is 0 Å². The summed E-state index contributed by atoms with van der Waals surface area (Å²) in [4.78, 5) is 11.5. The molecule has 1 aromatic carbocycles. The molecule has 3 heteroatoms. The molecule has 0 aliphatic rings. The zero-order valence-corrected chi connectivity index (χ0v) is 10.2. The lowest BCUT2D eigenvalue weighted by Gasteiger charge is -2.14. The molecule has 0 bridgehead atoms. The number of benzene rings is 1. The SMILES string of the molecule is CC[C@@H](C(C)=O)c1ccc(OC)c(OC)c1. The fraction of sp³-hybridized carbons (Fsp3) is 0.462. The van der Waals surface area contributed by atoms with E-state index >= 15 is 0 Å². The summed E-state index contributed by atoms with van der Waals surface area (Å²) in [5, 5.41) is 0. The van der Waals surface area contributed by atoms with E-state index in [0.717, 1.165) is 12.0 Å². The van der Waals surface area contributed by atoms with Crippen LogP contribution >= 0.6 is 0 Å². The van der Waals surface area contributed by atoms with Crippen molar-refractivity contribution >= 4 is 5.78 Å². The third kappa shape index (κ3) is 2.54. The highest BCUT2D eigenvalue weighted by Gasteiger charge is 2.16. The first-order chi connectivity index (χ1) is 7.63. The van der Waals surface area contributed by atoms with Crippen molar-refractivity contribution in [1.82, 2.24) is 0 Å². The molecule has 1 rings (SSSR count). The number of methoxy groups -OCH3 is 2. The monoisotopic (exact) mass is 222 g/mol. The predicted octanol–water partition coefficient (Wildman–Crippen LogP) is 2.79. The van der Waals surface area contributed by atoms with Gasteiger partial charge in [-0.15, -0.1) is 0 Å². The van der Waals surface area contributed by atoms with Gasteiger partial charge in [-0.25, -0.2) is 0 Å². The second-order valence-corrected chi connectivity index (χ2v) is 3.69. The topological polar surface area (TPSA) is 35.5 Å². The van der Waals surface area contributed by atoms with Crippen molar-refractivity contribution in [1.29, 1.82) is 0 Å². The molecule has 0 N–H and O–H groups in total. The maximum atomic E-state index is 11.5. The van der Waals surface area contributed by atoms with E-state index in [1.165, 1.54) is 0 Å². The molecule has 0 aliphatic heterocycles. The van der Waals surface area contributed by atoms with Gasteiger partial charge in [0, 0.05) is 5.92 Å². The minimum absolute atomic E-state index is 0.0557. The molecule has 0 amide bonds. The number of carbonyl (C=O) groups is 1. The van der Waals surface area contributed by atoms with E-state index in [1.54, 1.807) is 21.1 Å². The van der Waals surface area contributed by atoms with Gasteiger partial charge in [0.05, 0.1) is 14.2 Å². The van der Waals surface area contributed by atoms with Crippen LogP contribution in [-0.2, 0) is 4.79 Å². The Morgan fingerprint density at radius 2 is 1.88 bits per heavy atom. The highest BCUT2D eigenvalue weighted by atomic mass is 16.5. The largest absolute Gasteiger partial charge is 0.493 e. The first kappa shape index (κ1) is 12.6. The van der Waals surface area contributed by atoms with Crippen LogP contribution in [0.15, 0.2) is 18.2 Å². The van der Waals surface area contributed by atoms with E-state index in [2.05, 4.69) is 0 Å². The third-order valence-electron chi connectivity index (χ3n) is 2.71. The van der Waals surface area contributed by atoms with Crippen molar-refractivity contribution in [3.05, 3.63) is 23.8 Å². The van der Waals surface area contributed by atoms with Crippen LogP contribution in [0.4, 0.5) is 0 Å². The van der Waals surface area contributed by atoms with Crippen molar-refractivity contribution in [3.63, 3.8) is 0 Å². The quantitative estimate of drug-likeness (QED) is 0.768. The number of Topliss-reactive ketones (excluding diaryl/α,β-unsaturated/α-hetero) is 1. The number of carbonyl (C=O) groups excluding carboxylic acids is 1. The van der Waals surface area contributed by atoms with Gasteiger partial charge in [0.25, 0.3) is 0 Å². The van der Waals surface area contributed by atoms with Crippen molar-refractivity contribution in [3.8, 4) is 11.5 Å². The van der Waals surface area contributed by atoms with Gasteiger partial charge >= 0.3 is 0 Å². The Bertz CT molecular complexity index is 371. The summed E-state index contributed by atoms with van der Waals surface area (Å²) in [5.41, 5.74) is 0.979. The van der Waals surface area contributed by atoms with E-state index in [4.69, 9.17) is 9.47 Å². The summed E-state index contributed by atoms with van der Waals surface area (Å²) in [5.74, 6) is 1.47. The molecule has 0 saturated carbocycles. The Kier molecular flexibility index (Phi) is 4.35. The van der Waals surface area contributed by atoms with Crippen molar-refractivity contribution in [2.24, 2.45) is 0 Å². The van der Waals surface area contributed by atoms with Gasteiger partial charge in [-0.05, 0) is 31.0 Å². The fourth-order valence-electron chi connectivity index (χ4n) is 1.83. The first-order valence-electron chi connectivity index (χ1n) is 5.36. The Hall–Kier alpha value is -1.51. The summed E-state index contributed by atoms with van der Waals surface area (Å²) in [6, 6.07) is 5.62. The summed E-state index contributed by atoms with van der Waals surface area (Å²) < 4.78 is 10.4. The average Bonchev–Trinajstić information content (AvgIpc) is 2.29. The highest BCUT2D eigenvalue weighted by molar-refractivity contribution is 5.83. The van der Waals surface area contributed by atoms with Crippen molar-refractivity contribution in [2.75, 3.05) is 14.2 Å². The lowest BCUT2D eigenvalue weighted by molar-refractivity contribution is -0.118. The molecule has 16 heavy (non-hydrogen) atoms. The molecular formula is C13H18O3. The van der Waals surface area contributed by atoms with Crippen LogP contribution in [0.2, 0.25) is 0 Å². The molecule has 1 aromatic rings. The van der Waals surface area contributed by atoms with Crippen LogP contribution in [0.1, 0.15) is 31.7 Å². The summed E-state index contributed by atoms with van der Waals surface area (Å²) in [6.07, 6.45) is 0.796. The molecular weight excluding hydrogens is 204 g/mol. The zero-order valence-electron chi connectivity index (χ0n) is 10.2. The van der Waals surface area contributed by atoms with E-state index < -0.39 is 0 Å². The lowest BCUT2D eigenvalue weighted by Crippen LogP contribution is -2.07. The highest BCUT2D eigenvalue weighted by Crippen LogP contribution is 2.31. The smallest absolute Gasteiger partial charge is 0.161 e. The van der Waals surface area contributed by atoms with Gasteiger partial charge < -0.3 is 9.47 Å². The Morgan fingerprint density at radius 3 is 2.31 bits per heavy atom. The molecule has 3 nitrogen and oxygen atoms in total. The van der Waals surface area contributed by atoms with Gasteiger partial charge in [0.2, 0.25) is 0 Å². The van der Waals surface area contributed by atoms with Gasteiger partial charge in [0.1, 0.15) is 5.78 Å². The fourth-order valence-corrected chi connectivity index (χ4v) is 1.83. The molecule has 0 saturated heterocycles. The number of ketones is 1. The minimum atomic E-state index is -0.0557. The van der Waals surface area contributed by atoms with Gasteiger partial charge in [-0.3, -0.25) is 4.79 Å². The molecule has 0 aliphatic carbocycles. The van der Waals surface area contributed by atoms with E-state index in [9.17, 15) is 4.79 Å². The van der Waals surface area contributed by atoms with Crippen molar-refractivity contribution in [2.45, 2.75) is 26.2 Å². The van der Waals surface area contributed by atoms with Crippen LogP contribution < -0.4 is 9.47 Å². The summed E-state index contributed by atoms with van der Waals surface area (Å²) >= 11 is 0. The van der Waals surface area contributed by atoms with Gasteiger partial charge in [-0.2, -0.15) is 0 Å². The third-order valence-corrected chi connectivity index (χ3v) is 2.71. The molecule has 0 heterocycles. The number of ether oxygens (including phenoxy) is 2. The predicted molar refractivity (Wildman–Crippen MR) is 63.3 cm³/mol. The van der Waals surface area contributed by atoms with E-state index in [-0.39, 0.29) is 11.7 Å². The van der Waals surface area contributed by atoms with Crippen molar-refractivity contribution < 1.29 is 14.3 Å². The van der Waals surface area contributed by atoms with Crippen LogP contribution in [-0.4, -0.2) is 20.0 Å². The minimum Gasteiger partial charge on any atom is -0.493 e. The Balaban J connectivity index is 3.11. The summed E-state index contributed by atoms with van der Waals surface area (Å²) in [7, 11) is 3.19.